The second-order valence-electron chi connectivity index (χ2n) is 23.1. The summed E-state index contributed by atoms with van der Waals surface area (Å²) in [6.07, 6.45) is 88.0. The van der Waals surface area contributed by atoms with E-state index < -0.39 is 6.10 Å². The molecular formula is C73H130O6. The molecule has 0 fully saturated rings. The third-order valence-corrected chi connectivity index (χ3v) is 15.2. The Kier molecular flexibility index (Phi) is 64.7. The highest BCUT2D eigenvalue weighted by Crippen LogP contribution is 2.18. The van der Waals surface area contributed by atoms with Gasteiger partial charge < -0.3 is 14.2 Å². The van der Waals surface area contributed by atoms with E-state index in [-0.39, 0.29) is 31.1 Å². The largest absolute Gasteiger partial charge is 0.462 e. The van der Waals surface area contributed by atoms with Crippen LogP contribution < -0.4 is 0 Å². The summed E-state index contributed by atoms with van der Waals surface area (Å²) in [6, 6.07) is 0. The molecule has 0 rings (SSSR count). The van der Waals surface area contributed by atoms with E-state index >= 15 is 0 Å². The Morgan fingerprint density at radius 2 is 0.494 bits per heavy atom. The highest BCUT2D eigenvalue weighted by Gasteiger charge is 2.19. The number of allylic oxidation sites excluding steroid dienone is 12. The van der Waals surface area contributed by atoms with E-state index in [0.29, 0.717) is 19.3 Å². The van der Waals surface area contributed by atoms with Gasteiger partial charge in [0.25, 0.3) is 0 Å². The molecule has 0 spiro atoms. The maximum Gasteiger partial charge on any atom is 0.306 e. The summed E-state index contributed by atoms with van der Waals surface area (Å²) >= 11 is 0. The highest BCUT2D eigenvalue weighted by atomic mass is 16.6. The van der Waals surface area contributed by atoms with Gasteiger partial charge in [0.1, 0.15) is 13.2 Å². The standard InChI is InChI=1S/C73H130O6/c1-4-7-10-13-16-19-21-23-25-27-29-31-33-34-35-36-37-38-39-40-41-43-44-46-48-50-52-54-57-60-63-66-72(75)78-69-70(68-77-71(74)65-62-59-56-18-15-12-9-6-3)79-73(76)67-64-61-58-55-53-51-49-47-45-42-32-30-28-26-24-22-20-17-14-11-8-5-2/h7,10,16,19,23,25,29,31,34-35,37-38,70H,4-6,8-9,11-15,17-18,20-22,24,26-28,30,32-33,36,39-69H2,1-3H3/b10-7-,19-16-,25-23-,31-29-,35-34-,38-37-. The van der Waals surface area contributed by atoms with Gasteiger partial charge in [0.05, 0.1) is 0 Å². The molecule has 0 aliphatic heterocycles. The third-order valence-electron chi connectivity index (χ3n) is 15.2. The van der Waals surface area contributed by atoms with E-state index in [1.807, 2.05) is 0 Å². The molecule has 6 nitrogen and oxygen atoms in total. The molecule has 0 aliphatic rings. The molecule has 0 saturated carbocycles. The predicted octanol–water partition coefficient (Wildman–Crippen LogP) is 23.7. The second-order valence-corrected chi connectivity index (χ2v) is 23.1. The molecule has 0 aromatic heterocycles. The first kappa shape index (κ1) is 75.8. The summed E-state index contributed by atoms with van der Waals surface area (Å²) in [4.78, 5) is 38.2. The SMILES string of the molecule is CC/C=C\C/C=C\C/C=C\C/C=C\C/C=C\C/C=C\CCCCCCCCCCCCCCC(=O)OCC(COC(=O)CCCCCCCCCC)OC(=O)CCCCCCCCCCCCCCCCCCCCCCCC. The molecule has 0 amide bonds. The van der Waals surface area contributed by atoms with E-state index in [1.165, 1.54) is 218 Å². The van der Waals surface area contributed by atoms with Gasteiger partial charge in [-0.25, -0.2) is 0 Å². The maximum atomic E-state index is 12.9. The van der Waals surface area contributed by atoms with Crippen molar-refractivity contribution in [2.45, 2.75) is 361 Å². The van der Waals surface area contributed by atoms with Crippen molar-refractivity contribution >= 4 is 17.9 Å². The van der Waals surface area contributed by atoms with Crippen LogP contribution in [0.1, 0.15) is 355 Å². The fourth-order valence-corrected chi connectivity index (χ4v) is 10.1. The van der Waals surface area contributed by atoms with E-state index in [9.17, 15) is 14.4 Å². The number of hydrogen-bond donors (Lipinski definition) is 0. The number of carbonyl (C=O) groups is 3. The van der Waals surface area contributed by atoms with Gasteiger partial charge in [-0.05, 0) is 70.6 Å². The highest BCUT2D eigenvalue weighted by molar-refractivity contribution is 5.71. The Hall–Kier alpha value is -3.15. The van der Waals surface area contributed by atoms with Crippen molar-refractivity contribution in [3.8, 4) is 0 Å². The fraction of sp³-hybridized carbons (Fsp3) is 0.795. The van der Waals surface area contributed by atoms with E-state index in [4.69, 9.17) is 14.2 Å². The molecular weight excluding hydrogens is 973 g/mol. The molecule has 0 aliphatic carbocycles. The molecule has 6 heteroatoms. The van der Waals surface area contributed by atoms with Crippen molar-refractivity contribution in [3.63, 3.8) is 0 Å². The van der Waals surface area contributed by atoms with Gasteiger partial charge in [-0.2, -0.15) is 0 Å². The Balaban J connectivity index is 4.10. The van der Waals surface area contributed by atoms with Crippen LogP contribution in [0.4, 0.5) is 0 Å². The van der Waals surface area contributed by atoms with E-state index in [2.05, 4.69) is 93.7 Å². The van der Waals surface area contributed by atoms with Gasteiger partial charge >= 0.3 is 17.9 Å². The summed E-state index contributed by atoms with van der Waals surface area (Å²) in [5, 5.41) is 0. The average molecular weight is 1100 g/mol. The van der Waals surface area contributed by atoms with Crippen molar-refractivity contribution in [1.29, 1.82) is 0 Å². The van der Waals surface area contributed by atoms with Crippen LogP contribution in [0.15, 0.2) is 72.9 Å². The first-order valence-corrected chi connectivity index (χ1v) is 34.4. The van der Waals surface area contributed by atoms with Crippen molar-refractivity contribution in [2.75, 3.05) is 13.2 Å². The lowest BCUT2D eigenvalue weighted by molar-refractivity contribution is -0.167. The monoisotopic (exact) mass is 1100 g/mol. The molecule has 0 bridgehead atoms. The van der Waals surface area contributed by atoms with E-state index in [0.717, 1.165) is 96.3 Å². The molecule has 0 N–H and O–H groups in total. The smallest absolute Gasteiger partial charge is 0.306 e. The minimum atomic E-state index is -0.771. The molecule has 0 saturated heterocycles. The van der Waals surface area contributed by atoms with Gasteiger partial charge in [0.2, 0.25) is 0 Å². The van der Waals surface area contributed by atoms with Gasteiger partial charge in [0, 0.05) is 19.3 Å². The number of esters is 3. The Labute approximate surface area is 491 Å². The first-order valence-electron chi connectivity index (χ1n) is 34.4. The molecule has 1 atom stereocenters. The van der Waals surface area contributed by atoms with Crippen LogP contribution in [0.5, 0.6) is 0 Å². The Bertz CT molecular complexity index is 1450. The van der Waals surface area contributed by atoms with Crippen LogP contribution in [0.2, 0.25) is 0 Å². The molecule has 1 unspecified atom stereocenters. The number of ether oxygens (including phenoxy) is 3. The summed E-state index contributed by atoms with van der Waals surface area (Å²) in [5.41, 5.74) is 0. The number of rotatable bonds is 63. The topological polar surface area (TPSA) is 78.9 Å². The number of unbranched alkanes of at least 4 members (excludes halogenated alkanes) is 40. The fourth-order valence-electron chi connectivity index (χ4n) is 10.1. The predicted molar refractivity (Wildman–Crippen MR) is 344 cm³/mol. The van der Waals surface area contributed by atoms with Crippen molar-refractivity contribution in [2.24, 2.45) is 0 Å². The summed E-state index contributed by atoms with van der Waals surface area (Å²) < 4.78 is 16.9. The van der Waals surface area contributed by atoms with Crippen LogP contribution in [0.3, 0.4) is 0 Å². The van der Waals surface area contributed by atoms with Crippen molar-refractivity contribution in [3.05, 3.63) is 72.9 Å². The van der Waals surface area contributed by atoms with Gasteiger partial charge in [0.15, 0.2) is 6.10 Å². The lowest BCUT2D eigenvalue weighted by Crippen LogP contribution is -2.30. The minimum Gasteiger partial charge on any atom is -0.462 e. The molecule has 0 radical (unpaired) electrons. The number of hydrogen-bond acceptors (Lipinski definition) is 6. The zero-order chi connectivity index (χ0) is 57.1. The summed E-state index contributed by atoms with van der Waals surface area (Å²) in [7, 11) is 0. The first-order chi connectivity index (χ1) is 39.0. The maximum absolute atomic E-state index is 12.9. The quantitative estimate of drug-likeness (QED) is 0.0261. The molecule has 0 heterocycles. The van der Waals surface area contributed by atoms with Gasteiger partial charge in [-0.3, -0.25) is 14.4 Å². The lowest BCUT2D eigenvalue weighted by Gasteiger charge is -2.18. The summed E-state index contributed by atoms with van der Waals surface area (Å²) in [6.45, 7) is 6.55. The van der Waals surface area contributed by atoms with Gasteiger partial charge in [-0.1, -0.05) is 338 Å². The average Bonchev–Trinajstić information content (AvgIpc) is 3.45. The lowest BCUT2D eigenvalue weighted by atomic mass is 10.0. The van der Waals surface area contributed by atoms with Crippen LogP contribution in [0.25, 0.3) is 0 Å². The normalized spacial score (nSPS) is 12.5. The Morgan fingerprint density at radius 3 is 0.772 bits per heavy atom. The summed E-state index contributed by atoms with van der Waals surface area (Å²) in [5.74, 6) is -0.856. The Morgan fingerprint density at radius 1 is 0.266 bits per heavy atom. The van der Waals surface area contributed by atoms with Crippen LogP contribution in [-0.4, -0.2) is 37.2 Å². The van der Waals surface area contributed by atoms with Gasteiger partial charge in [-0.15, -0.1) is 0 Å². The van der Waals surface area contributed by atoms with Crippen LogP contribution in [-0.2, 0) is 28.6 Å². The minimum absolute atomic E-state index is 0.0701. The van der Waals surface area contributed by atoms with Crippen molar-refractivity contribution in [1.82, 2.24) is 0 Å². The molecule has 0 aromatic rings. The van der Waals surface area contributed by atoms with Crippen LogP contribution in [0, 0.1) is 0 Å². The van der Waals surface area contributed by atoms with Crippen molar-refractivity contribution < 1.29 is 28.6 Å². The third kappa shape index (κ3) is 65.5. The van der Waals surface area contributed by atoms with E-state index in [1.54, 1.807) is 0 Å². The second kappa shape index (κ2) is 67.4. The molecule has 79 heavy (non-hydrogen) atoms. The zero-order valence-corrected chi connectivity index (χ0v) is 52.6. The number of carbonyl (C=O) groups excluding carboxylic acids is 3. The molecule has 458 valence electrons. The van der Waals surface area contributed by atoms with Crippen LogP contribution >= 0.6 is 0 Å². The molecule has 0 aromatic carbocycles. The zero-order valence-electron chi connectivity index (χ0n) is 52.6.